The van der Waals surface area contributed by atoms with Gasteiger partial charge in [0.2, 0.25) is 0 Å². The Labute approximate surface area is 159 Å². The van der Waals surface area contributed by atoms with Gasteiger partial charge in [0.15, 0.2) is 0 Å². The Hall–Kier alpha value is -2.75. The number of aromatic nitrogens is 2. The molecular weight excluding hydrogens is 339 g/mol. The SMILES string of the molecule is CCCc1c(CC)nc(C)n(C(c2ccccc2)c2ccc(F)cc2)c1=O. The summed E-state index contributed by atoms with van der Waals surface area (Å²) in [6.07, 6.45) is 2.33. The molecule has 2 aromatic carbocycles. The monoisotopic (exact) mass is 364 g/mol. The first kappa shape index (κ1) is 19.0. The lowest BCUT2D eigenvalue weighted by Crippen LogP contribution is -2.33. The first-order valence-electron chi connectivity index (χ1n) is 9.48. The van der Waals surface area contributed by atoms with E-state index in [0.29, 0.717) is 12.2 Å². The minimum Gasteiger partial charge on any atom is -0.285 e. The van der Waals surface area contributed by atoms with Gasteiger partial charge in [-0.1, -0.05) is 62.7 Å². The van der Waals surface area contributed by atoms with Crippen molar-refractivity contribution in [3.05, 3.63) is 99.0 Å². The average Bonchev–Trinajstić information content (AvgIpc) is 2.69. The van der Waals surface area contributed by atoms with Crippen molar-refractivity contribution in [1.29, 1.82) is 0 Å². The second-order valence-corrected chi connectivity index (χ2v) is 6.73. The van der Waals surface area contributed by atoms with Gasteiger partial charge < -0.3 is 0 Å². The predicted octanol–water partition coefficient (Wildman–Crippen LogP) is 4.84. The normalized spacial score (nSPS) is 12.1. The summed E-state index contributed by atoms with van der Waals surface area (Å²) in [7, 11) is 0. The van der Waals surface area contributed by atoms with Gasteiger partial charge in [-0.05, 0) is 43.0 Å². The molecule has 0 N–H and O–H groups in total. The quantitative estimate of drug-likeness (QED) is 0.627. The zero-order chi connectivity index (χ0) is 19.4. The van der Waals surface area contributed by atoms with Crippen LogP contribution in [0, 0.1) is 12.7 Å². The summed E-state index contributed by atoms with van der Waals surface area (Å²) < 4.78 is 15.3. The molecule has 1 aromatic heterocycles. The number of aryl methyl sites for hydroxylation is 2. The van der Waals surface area contributed by atoms with Crippen LogP contribution in [-0.4, -0.2) is 9.55 Å². The van der Waals surface area contributed by atoms with E-state index in [1.165, 1.54) is 12.1 Å². The van der Waals surface area contributed by atoms with E-state index in [2.05, 4.69) is 6.92 Å². The Balaban J connectivity index is 2.28. The molecule has 4 heteroatoms. The maximum atomic E-state index is 13.5. The van der Waals surface area contributed by atoms with Gasteiger partial charge in [0.25, 0.3) is 5.56 Å². The van der Waals surface area contributed by atoms with Crippen LogP contribution in [0.15, 0.2) is 59.4 Å². The van der Waals surface area contributed by atoms with Crippen molar-refractivity contribution in [3.8, 4) is 0 Å². The molecule has 3 nitrogen and oxygen atoms in total. The fourth-order valence-corrected chi connectivity index (χ4v) is 3.60. The third kappa shape index (κ3) is 3.85. The van der Waals surface area contributed by atoms with Crippen LogP contribution in [0.2, 0.25) is 0 Å². The number of halogens is 1. The maximum absolute atomic E-state index is 13.5. The lowest BCUT2D eigenvalue weighted by Gasteiger charge is -2.24. The highest BCUT2D eigenvalue weighted by Crippen LogP contribution is 2.27. The minimum absolute atomic E-state index is 0.000576. The molecule has 0 radical (unpaired) electrons. The van der Waals surface area contributed by atoms with E-state index in [-0.39, 0.29) is 17.4 Å². The third-order valence-electron chi connectivity index (χ3n) is 4.86. The fraction of sp³-hybridized carbons (Fsp3) is 0.304. The van der Waals surface area contributed by atoms with Crippen LogP contribution < -0.4 is 5.56 Å². The molecule has 0 spiro atoms. The second kappa shape index (κ2) is 8.30. The molecule has 0 aliphatic carbocycles. The molecule has 3 aromatic rings. The van der Waals surface area contributed by atoms with E-state index >= 15 is 0 Å². The Morgan fingerprint density at radius 1 is 1.00 bits per heavy atom. The minimum atomic E-state index is -0.340. The maximum Gasteiger partial charge on any atom is 0.257 e. The van der Waals surface area contributed by atoms with Gasteiger partial charge in [0.1, 0.15) is 11.6 Å². The molecule has 0 aliphatic heterocycles. The lowest BCUT2D eigenvalue weighted by atomic mass is 9.97. The van der Waals surface area contributed by atoms with Gasteiger partial charge >= 0.3 is 0 Å². The highest BCUT2D eigenvalue weighted by atomic mass is 19.1. The van der Waals surface area contributed by atoms with Gasteiger partial charge in [-0.3, -0.25) is 9.36 Å². The summed E-state index contributed by atoms with van der Waals surface area (Å²) in [5.74, 6) is 0.385. The molecule has 0 amide bonds. The summed E-state index contributed by atoms with van der Waals surface area (Å²) in [5.41, 5.74) is 3.50. The van der Waals surface area contributed by atoms with E-state index in [1.807, 2.05) is 44.2 Å². The summed E-state index contributed by atoms with van der Waals surface area (Å²) in [5, 5.41) is 0. The third-order valence-corrected chi connectivity index (χ3v) is 4.86. The van der Waals surface area contributed by atoms with Crippen LogP contribution in [-0.2, 0) is 12.8 Å². The smallest absolute Gasteiger partial charge is 0.257 e. The molecule has 0 fully saturated rings. The van der Waals surface area contributed by atoms with Crippen LogP contribution >= 0.6 is 0 Å². The van der Waals surface area contributed by atoms with E-state index < -0.39 is 0 Å². The van der Waals surface area contributed by atoms with Crippen molar-refractivity contribution in [2.24, 2.45) is 0 Å². The Morgan fingerprint density at radius 2 is 1.63 bits per heavy atom. The summed E-state index contributed by atoms with van der Waals surface area (Å²) in [6, 6.07) is 15.9. The van der Waals surface area contributed by atoms with Gasteiger partial charge in [0, 0.05) is 5.56 Å². The van der Waals surface area contributed by atoms with Gasteiger partial charge in [-0.25, -0.2) is 9.37 Å². The van der Waals surface area contributed by atoms with Crippen LogP contribution in [0.1, 0.15) is 54.5 Å². The number of hydrogen-bond acceptors (Lipinski definition) is 2. The predicted molar refractivity (Wildman–Crippen MR) is 107 cm³/mol. The fourth-order valence-electron chi connectivity index (χ4n) is 3.60. The van der Waals surface area contributed by atoms with Crippen LogP contribution in [0.3, 0.4) is 0 Å². The number of benzene rings is 2. The van der Waals surface area contributed by atoms with Crippen LogP contribution in [0.25, 0.3) is 0 Å². The second-order valence-electron chi connectivity index (χ2n) is 6.73. The zero-order valence-electron chi connectivity index (χ0n) is 16.1. The number of hydrogen-bond donors (Lipinski definition) is 0. The largest absolute Gasteiger partial charge is 0.285 e. The van der Waals surface area contributed by atoms with Crippen molar-refractivity contribution in [2.45, 2.75) is 46.1 Å². The van der Waals surface area contributed by atoms with E-state index in [0.717, 1.165) is 35.2 Å². The Morgan fingerprint density at radius 3 is 2.22 bits per heavy atom. The summed E-state index contributed by atoms with van der Waals surface area (Å²) >= 11 is 0. The van der Waals surface area contributed by atoms with Gasteiger partial charge in [-0.2, -0.15) is 0 Å². The lowest BCUT2D eigenvalue weighted by molar-refractivity contribution is 0.589. The summed E-state index contributed by atoms with van der Waals surface area (Å²) in [4.78, 5) is 18.2. The number of rotatable bonds is 6. The van der Waals surface area contributed by atoms with Crippen molar-refractivity contribution >= 4 is 0 Å². The van der Waals surface area contributed by atoms with Crippen molar-refractivity contribution < 1.29 is 4.39 Å². The van der Waals surface area contributed by atoms with E-state index in [4.69, 9.17) is 4.98 Å². The zero-order valence-corrected chi connectivity index (χ0v) is 16.1. The standard InChI is InChI=1S/C23H25FN2O/c1-4-9-20-21(5-2)25-16(3)26(23(20)27)22(17-10-7-6-8-11-17)18-12-14-19(24)15-13-18/h6-8,10-15,22H,4-5,9H2,1-3H3. The molecule has 1 unspecified atom stereocenters. The molecular formula is C23H25FN2O. The van der Waals surface area contributed by atoms with Crippen molar-refractivity contribution in [2.75, 3.05) is 0 Å². The van der Waals surface area contributed by atoms with Crippen molar-refractivity contribution in [3.63, 3.8) is 0 Å². The molecule has 1 heterocycles. The number of nitrogens with zero attached hydrogens (tertiary/aromatic N) is 2. The topological polar surface area (TPSA) is 34.9 Å². The summed E-state index contributed by atoms with van der Waals surface area (Å²) in [6.45, 7) is 5.97. The molecule has 0 saturated carbocycles. The molecule has 140 valence electrons. The first-order chi connectivity index (χ1) is 13.1. The van der Waals surface area contributed by atoms with E-state index in [9.17, 15) is 9.18 Å². The highest BCUT2D eigenvalue weighted by Gasteiger charge is 2.23. The molecule has 3 rings (SSSR count). The Bertz CT molecular complexity index is 962. The van der Waals surface area contributed by atoms with Crippen LogP contribution in [0.4, 0.5) is 4.39 Å². The van der Waals surface area contributed by atoms with Crippen molar-refractivity contribution in [1.82, 2.24) is 9.55 Å². The molecule has 0 saturated heterocycles. The Kier molecular flexibility index (Phi) is 5.84. The van der Waals surface area contributed by atoms with Gasteiger partial charge in [-0.15, -0.1) is 0 Å². The molecule has 0 aliphatic rings. The van der Waals surface area contributed by atoms with E-state index in [1.54, 1.807) is 16.7 Å². The van der Waals surface area contributed by atoms with Gasteiger partial charge in [0.05, 0.1) is 11.7 Å². The van der Waals surface area contributed by atoms with Crippen LogP contribution in [0.5, 0.6) is 0 Å². The highest BCUT2D eigenvalue weighted by molar-refractivity contribution is 5.34. The average molecular weight is 364 g/mol. The molecule has 0 bridgehead atoms. The molecule has 27 heavy (non-hydrogen) atoms. The first-order valence-corrected chi connectivity index (χ1v) is 9.48. The molecule has 1 atom stereocenters.